The summed E-state index contributed by atoms with van der Waals surface area (Å²) in [5, 5.41) is 15.1. The van der Waals surface area contributed by atoms with Crippen LogP contribution in [0, 0.1) is 11.3 Å². The van der Waals surface area contributed by atoms with Crippen molar-refractivity contribution < 1.29 is 19.4 Å². The lowest BCUT2D eigenvalue weighted by atomic mass is 9.85. The maximum atomic E-state index is 12.5. The number of piperidine rings is 1. The van der Waals surface area contributed by atoms with E-state index < -0.39 is 0 Å². The smallest absolute Gasteiger partial charge is 0.290 e. The lowest BCUT2D eigenvalue weighted by molar-refractivity contribution is -0.123. The molecule has 7 nitrogen and oxygen atoms in total. The topological polar surface area (TPSA) is 117 Å². The van der Waals surface area contributed by atoms with Crippen LogP contribution in [0.3, 0.4) is 0 Å². The number of fused-ring (bicyclic) bond motifs is 2. The van der Waals surface area contributed by atoms with E-state index in [9.17, 15) is 4.79 Å². The monoisotopic (exact) mass is 361 g/mol. The van der Waals surface area contributed by atoms with E-state index in [0.717, 1.165) is 12.8 Å². The van der Waals surface area contributed by atoms with Gasteiger partial charge in [0.05, 0.1) is 7.11 Å². The zero-order valence-corrected chi connectivity index (χ0v) is 15.3. The fraction of sp³-hybridized carbons (Fsp3) is 0.526. The van der Waals surface area contributed by atoms with Gasteiger partial charge >= 0.3 is 0 Å². The largest absolute Gasteiger partial charge is 0.497 e. The average molecular weight is 361 g/mol. The fourth-order valence-electron chi connectivity index (χ4n) is 4.10. The molecule has 1 aromatic carbocycles. The zero-order chi connectivity index (χ0) is 19.3. The first-order chi connectivity index (χ1) is 12.4. The number of nitrogens with two attached hydrogens (primary N) is 1. The number of rotatable bonds is 5. The van der Waals surface area contributed by atoms with Crippen molar-refractivity contribution in [1.29, 1.82) is 5.41 Å². The van der Waals surface area contributed by atoms with E-state index in [2.05, 4.69) is 11.9 Å². The second kappa shape index (κ2) is 8.80. The third-order valence-electron chi connectivity index (χ3n) is 5.48. The van der Waals surface area contributed by atoms with Crippen LogP contribution in [0.25, 0.3) is 0 Å². The van der Waals surface area contributed by atoms with Gasteiger partial charge in [0, 0.05) is 35.8 Å². The van der Waals surface area contributed by atoms with Crippen LogP contribution in [0.15, 0.2) is 18.2 Å². The van der Waals surface area contributed by atoms with Crippen LogP contribution in [0.1, 0.15) is 37.7 Å². The summed E-state index contributed by atoms with van der Waals surface area (Å²) in [7, 11) is 3.76. The molecule has 2 aliphatic heterocycles. The number of hydrogen-bond donors (Lipinski definition) is 3. The van der Waals surface area contributed by atoms with Gasteiger partial charge in [-0.3, -0.25) is 15.0 Å². The van der Waals surface area contributed by atoms with Crippen LogP contribution in [0.5, 0.6) is 5.75 Å². The Hall–Kier alpha value is -2.41. The Balaban J connectivity index is 0.000000758. The van der Waals surface area contributed by atoms with Gasteiger partial charge in [0.1, 0.15) is 11.5 Å². The standard InChI is InChI=1S/C18H25N3O2.CH2O2/c1-21-12-3-4-13(21)8-11(7-12)9-17(22)18(20)15-6-5-14(23-2)10-16(15)19;2-1-3/h5-6,10-13,20H,3-4,7-9,19H2,1-2H3;1H,(H,2,3). The average Bonchev–Trinajstić information content (AvgIpc) is 2.83. The first-order valence-corrected chi connectivity index (χ1v) is 8.76. The number of nitrogen functional groups attached to an aromatic ring is 1. The number of nitrogens with zero attached hydrogens (tertiary/aromatic N) is 1. The summed E-state index contributed by atoms with van der Waals surface area (Å²) in [6.07, 6.45) is 5.10. The van der Waals surface area contributed by atoms with E-state index in [-0.39, 0.29) is 18.0 Å². The van der Waals surface area contributed by atoms with Gasteiger partial charge in [0.2, 0.25) is 0 Å². The summed E-state index contributed by atoms with van der Waals surface area (Å²) >= 11 is 0. The molecule has 0 radical (unpaired) electrons. The Morgan fingerprint density at radius 3 is 2.46 bits per heavy atom. The molecular formula is C19H27N3O4. The third kappa shape index (κ3) is 4.40. The van der Waals surface area contributed by atoms with Crippen LogP contribution in [-0.2, 0) is 9.59 Å². The Kier molecular flexibility index (Phi) is 6.74. The predicted octanol–water partition coefficient (Wildman–Crippen LogP) is 2.18. The molecule has 3 rings (SSSR count). The summed E-state index contributed by atoms with van der Waals surface area (Å²) < 4.78 is 5.11. The zero-order valence-electron chi connectivity index (χ0n) is 15.3. The van der Waals surface area contributed by atoms with E-state index in [1.807, 2.05) is 0 Å². The molecule has 2 aliphatic rings. The van der Waals surface area contributed by atoms with Gasteiger partial charge in [-0.05, 0) is 50.8 Å². The predicted molar refractivity (Wildman–Crippen MR) is 99.8 cm³/mol. The van der Waals surface area contributed by atoms with Crippen molar-refractivity contribution in [3.8, 4) is 5.75 Å². The summed E-state index contributed by atoms with van der Waals surface area (Å²) in [6, 6.07) is 6.33. The molecule has 0 spiro atoms. The van der Waals surface area contributed by atoms with Gasteiger partial charge in [0.25, 0.3) is 6.47 Å². The van der Waals surface area contributed by atoms with Gasteiger partial charge in [-0.25, -0.2) is 0 Å². The summed E-state index contributed by atoms with van der Waals surface area (Å²) in [6.45, 7) is -0.250. The molecule has 2 heterocycles. The molecule has 2 saturated heterocycles. The molecule has 142 valence electrons. The molecule has 26 heavy (non-hydrogen) atoms. The molecule has 2 unspecified atom stereocenters. The SMILES string of the molecule is COc1ccc(C(=N)C(=O)CC2CC3CCC(C2)N3C)c(N)c1.O=CO. The summed E-state index contributed by atoms with van der Waals surface area (Å²) in [4.78, 5) is 23.3. The first kappa shape index (κ1) is 19.9. The van der Waals surface area contributed by atoms with Crippen molar-refractivity contribution in [2.45, 2.75) is 44.2 Å². The lowest BCUT2D eigenvalue weighted by Crippen LogP contribution is -2.40. The summed E-state index contributed by atoms with van der Waals surface area (Å²) in [5.74, 6) is 0.935. The minimum Gasteiger partial charge on any atom is -0.497 e. The Bertz CT molecular complexity index is 663. The van der Waals surface area contributed by atoms with Crippen LogP contribution >= 0.6 is 0 Å². The minimum absolute atomic E-state index is 0.0245. The van der Waals surface area contributed by atoms with Gasteiger partial charge < -0.3 is 20.5 Å². The van der Waals surface area contributed by atoms with Crippen molar-refractivity contribution in [2.75, 3.05) is 19.9 Å². The minimum atomic E-state index is -0.250. The molecule has 2 bridgehead atoms. The van der Waals surface area contributed by atoms with Crippen molar-refractivity contribution >= 4 is 23.7 Å². The molecule has 0 aliphatic carbocycles. The van der Waals surface area contributed by atoms with E-state index >= 15 is 0 Å². The molecule has 0 saturated carbocycles. The number of ketones is 1. The third-order valence-corrected chi connectivity index (χ3v) is 5.48. The normalized spacial score (nSPS) is 24.3. The number of hydrogen-bond acceptors (Lipinski definition) is 6. The second-order valence-corrected chi connectivity index (χ2v) is 6.95. The van der Waals surface area contributed by atoms with E-state index in [0.29, 0.717) is 41.4 Å². The number of anilines is 1. The Morgan fingerprint density at radius 1 is 1.38 bits per heavy atom. The van der Waals surface area contributed by atoms with Crippen LogP contribution in [0.4, 0.5) is 5.69 Å². The maximum Gasteiger partial charge on any atom is 0.290 e. The number of carboxylic acid groups (broad SMARTS) is 1. The Morgan fingerprint density at radius 2 is 1.96 bits per heavy atom. The molecular weight excluding hydrogens is 334 g/mol. The number of ether oxygens (including phenoxy) is 1. The highest BCUT2D eigenvalue weighted by atomic mass is 16.5. The van der Waals surface area contributed by atoms with E-state index in [4.69, 9.17) is 25.8 Å². The van der Waals surface area contributed by atoms with Gasteiger partial charge in [-0.2, -0.15) is 0 Å². The van der Waals surface area contributed by atoms with Crippen molar-refractivity contribution in [2.24, 2.45) is 5.92 Å². The van der Waals surface area contributed by atoms with E-state index in [1.54, 1.807) is 25.3 Å². The van der Waals surface area contributed by atoms with Crippen LogP contribution in [-0.4, -0.2) is 54.2 Å². The number of benzene rings is 1. The molecule has 7 heteroatoms. The molecule has 1 aromatic rings. The molecule has 4 N–H and O–H groups in total. The highest BCUT2D eigenvalue weighted by Crippen LogP contribution is 2.38. The van der Waals surface area contributed by atoms with Gasteiger partial charge in [-0.1, -0.05) is 0 Å². The van der Waals surface area contributed by atoms with Crippen molar-refractivity contribution in [1.82, 2.24) is 4.90 Å². The number of methoxy groups -OCH3 is 1. The maximum absolute atomic E-state index is 12.5. The number of carbonyl (C=O) groups is 2. The summed E-state index contributed by atoms with van der Waals surface area (Å²) in [5.41, 5.74) is 6.91. The molecule has 2 atom stereocenters. The second-order valence-electron chi connectivity index (χ2n) is 6.95. The van der Waals surface area contributed by atoms with Gasteiger partial charge in [0.15, 0.2) is 5.78 Å². The number of Topliss-reactive ketones (excluding diaryl/α,β-unsaturated/α-hetero) is 1. The quantitative estimate of drug-likeness (QED) is 0.420. The van der Waals surface area contributed by atoms with Crippen molar-refractivity contribution in [3.63, 3.8) is 0 Å². The van der Waals surface area contributed by atoms with Gasteiger partial charge in [-0.15, -0.1) is 0 Å². The molecule has 0 amide bonds. The highest BCUT2D eigenvalue weighted by Gasteiger charge is 2.39. The molecule has 2 fully saturated rings. The molecule has 0 aromatic heterocycles. The first-order valence-electron chi connectivity index (χ1n) is 8.76. The van der Waals surface area contributed by atoms with E-state index in [1.165, 1.54) is 12.8 Å². The number of nitrogens with one attached hydrogen (secondary N) is 1. The number of carbonyl (C=O) groups excluding carboxylic acids is 1. The Labute approximate surface area is 153 Å². The lowest BCUT2D eigenvalue weighted by Gasteiger charge is -2.36. The van der Waals surface area contributed by atoms with Crippen LogP contribution < -0.4 is 10.5 Å². The fourth-order valence-corrected chi connectivity index (χ4v) is 4.10. The highest BCUT2D eigenvalue weighted by molar-refractivity contribution is 6.46. The van der Waals surface area contributed by atoms with Crippen molar-refractivity contribution in [3.05, 3.63) is 23.8 Å². The van der Waals surface area contributed by atoms with Crippen LogP contribution in [0.2, 0.25) is 0 Å².